The average Bonchev–Trinajstić information content (AvgIpc) is 2.71. The van der Waals surface area contributed by atoms with Crippen LogP contribution in [-0.4, -0.2) is 24.5 Å². The number of carbonyl (C=O) groups is 1. The summed E-state index contributed by atoms with van der Waals surface area (Å²) < 4.78 is 41.2. The number of hydrogen-bond donors (Lipinski definition) is 2. The molecule has 0 saturated carbocycles. The minimum absolute atomic E-state index is 0.0183. The highest BCUT2D eigenvalue weighted by Crippen LogP contribution is 2.29. The molecule has 0 aliphatic heterocycles. The van der Waals surface area contributed by atoms with Gasteiger partial charge in [-0.3, -0.25) is 15.6 Å². The first kappa shape index (κ1) is 25.6. The van der Waals surface area contributed by atoms with E-state index in [0.717, 1.165) is 11.8 Å². The van der Waals surface area contributed by atoms with Crippen LogP contribution in [0.5, 0.6) is 0 Å². The van der Waals surface area contributed by atoms with Crippen LogP contribution in [0.4, 0.5) is 18.9 Å². The van der Waals surface area contributed by atoms with Crippen LogP contribution in [0.3, 0.4) is 0 Å². The van der Waals surface area contributed by atoms with Gasteiger partial charge in [-0.05, 0) is 36.6 Å². The van der Waals surface area contributed by atoms with Crippen LogP contribution in [0.2, 0.25) is 5.02 Å². The van der Waals surface area contributed by atoms with E-state index in [2.05, 4.69) is 12.4 Å². The lowest BCUT2D eigenvalue weighted by Crippen LogP contribution is -2.38. The van der Waals surface area contributed by atoms with E-state index < -0.39 is 34.5 Å². The van der Waals surface area contributed by atoms with Crippen molar-refractivity contribution in [3.8, 4) is 0 Å². The molecule has 0 spiro atoms. The molecule has 1 atom stereocenters. The van der Waals surface area contributed by atoms with Crippen LogP contribution in [0.25, 0.3) is 0 Å². The number of halogens is 4. The molecule has 0 aliphatic carbocycles. The second-order valence-corrected chi connectivity index (χ2v) is 7.91. The first-order chi connectivity index (χ1) is 14.2. The van der Waals surface area contributed by atoms with E-state index in [0.29, 0.717) is 10.6 Å². The molecule has 0 heterocycles. The number of nitrogens with zero attached hydrogens (tertiary/aromatic N) is 1. The van der Waals surface area contributed by atoms with Crippen molar-refractivity contribution < 1.29 is 18.0 Å². The summed E-state index contributed by atoms with van der Waals surface area (Å²) in [5.74, 6) is 2.66. The maximum absolute atomic E-state index is 14.5. The van der Waals surface area contributed by atoms with Gasteiger partial charge in [0.15, 0.2) is 0 Å². The molecule has 0 radical (unpaired) electrons. The molecule has 0 saturated heterocycles. The minimum Gasteiger partial charge on any atom is -0.318 e. The molecule has 30 heavy (non-hydrogen) atoms. The highest BCUT2D eigenvalue weighted by atomic mass is 35.5. The summed E-state index contributed by atoms with van der Waals surface area (Å²) in [6.07, 6.45) is -0.940. The molecular weight excluding hydrogens is 435 g/mol. The van der Waals surface area contributed by atoms with Crippen molar-refractivity contribution in [3.63, 3.8) is 0 Å². The summed E-state index contributed by atoms with van der Waals surface area (Å²) >= 11 is 6.03. The SMILES string of the molecule is C=C(NNC(=O)c1ccc(CN(c2cccc(Cl)c2)S(=C)C)c(F)c1)C(F)F.CC. The quantitative estimate of drug-likeness (QED) is 0.389. The second-order valence-electron chi connectivity index (χ2n) is 5.83. The van der Waals surface area contributed by atoms with Gasteiger partial charge in [-0.2, -0.15) is 0 Å². The standard InChI is InChI=1S/C19H19ClF3N3OS.C2H6/c1-12(18(22)23)24-25-19(27)13-7-8-14(17(21)9-13)11-26(28(2)3)16-6-4-5-15(20)10-16;1-2/h4-10,18,24H,1-2,11H2,3H3,(H,25,27);1-2H3. The minimum atomic E-state index is -2.83. The maximum atomic E-state index is 14.5. The molecule has 0 fully saturated rings. The van der Waals surface area contributed by atoms with Gasteiger partial charge in [0.25, 0.3) is 12.3 Å². The van der Waals surface area contributed by atoms with Gasteiger partial charge < -0.3 is 4.31 Å². The molecule has 164 valence electrons. The lowest BCUT2D eigenvalue weighted by Gasteiger charge is -2.26. The third kappa shape index (κ3) is 7.42. The van der Waals surface area contributed by atoms with Crippen molar-refractivity contribution in [2.45, 2.75) is 26.8 Å². The molecular formula is C21H25ClF3N3OS. The topological polar surface area (TPSA) is 44.4 Å². The predicted molar refractivity (Wildman–Crippen MR) is 122 cm³/mol. The van der Waals surface area contributed by atoms with E-state index in [1.54, 1.807) is 18.2 Å². The number of hydrazine groups is 1. The van der Waals surface area contributed by atoms with Crippen molar-refractivity contribution in [2.24, 2.45) is 0 Å². The second kappa shape index (κ2) is 12.3. The average molecular weight is 460 g/mol. The molecule has 1 unspecified atom stereocenters. The Morgan fingerprint density at radius 3 is 2.40 bits per heavy atom. The Hall–Kier alpha value is -2.45. The van der Waals surface area contributed by atoms with Crippen LogP contribution in [0, 0.1) is 5.82 Å². The molecule has 2 N–H and O–H groups in total. The molecule has 2 aromatic rings. The Balaban J connectivity index is 0.00000218. The predicted octanol–water partition coefficient (Wildman–Crippen LogP) is 5.77. The Labute approximate surface area is 182 Å². The van der Waals surface area contributed by atoms with E-state index in [9.17, 15) is 18.0 Å². The van der Waals surface area contributed by atoms with E-state index in [1.807, 2.05) is 41.3 Å². The monoisotopic (exact) mass is 459 g/mol. The summed E-state index contributed by atoms with van der Waals surface area (Å²) in [4.78, 5) is 12.0. The third-order valence-electron chi connectivity index (χ3n) is 3.70. The number of carbonyl (C=O) groups excluding carboxylic acids is 1. The van der Waals surface area contributed by atoms with Gasteiger partial charge in [0.2, 0.25) is 0 Å². The number of amides is 1. The molecule has 2 aromatic carbocycles. The van der Waals surface area contributed by atoms with Crippen molar-refractivity contribution in [3.05, 3.63) is 76.7 Å². The lowest BCUT2D eigenvalue weighted by atomic mass is 10.1. The Morgan fingerprint density at radius 2 is 1.87 bits per heavy atom. The molecule has 9 heteroatoms. The number of nitrogens with one attached hydrogen (secondary N) is 2. The van der Waals surface area contributed by atoms with Crippen molar-refractivity contribution in [1.82, 2.24) is 10.9 Å². The van der Waals surface area contributed by atoms with Gasteiger partial charge in [0, 0.05) is 21.8 Å². The van der Waals surface area contributed by atoms with Crippen molar-refractivity contribution in [2.75, 3.05) is 10.6 Å². The van der Waals surface area contributed by atoms with Gasteiger partial charge in [0.1, 0.15) is 5.82 Å². The Kier molecular flexibility index (Phi) is 10.5. The fourth-order valence-corrected chi connectivity index (χ4v) is 3.27. The van der Waals surface area contributed by atoms with E-state index in [4.69, 9.17) is 11.6 Å². The largest absolute Gasteiger partial charge is 0.318 e. The fraction of sp³-hybridized carbons (Fsp3) is 0.238. The number of anilines is 1. The molecule has 0 bridgehead atoms. The normalized spacial score (nSPS) is 11.2. The zero-order valence-electron chi connectivity index (χ0n) is 17.0. The van der Waals surface area contributed by atoms with Crippen LogP contribution in [0.1, 0.15) is 29.8 Å². The lowest BCUT2D eigenvalue weighted by molar-refractivity contribution is 0.0928. The maximum Gasteiger partial charge on any atom is 0.279 e. The van der Waals surface area contributed by atoms with Gasteiger partial charge in [0.05, 0.1) is 12.2 Å². The Morgan fingerprint density at radius 1 is 1.20 bits per heavy atom. The summed E-state index contributed by atoms with van der Waals surface area (Å²) in [6.45, 7) is 7.29. The summed E-state index contributed by atoms with van der Waals surface area (Å²) in [7, 11) is -0.460. The first-order valence-corrected chi connectivity index (χ1v) is 11.1. The summed E-state index contributed by atoms with van der Waals surface area (Å²) in [5, 5.41) is 0.554. The van der Waals surface area contributed by atoms with Gasteiger partial charge in [-0.15, -0.1) is 10.7 Å². The van der Waals surface area contributed by atoms with Gasteiger partial charge in [-0.25, -0.2) is 13.2 Å². The van der Waals surface area contributed by atoms with E-state index >= 15 is 0 Å². The van der Waals surface area contributed by atoms with E-state index in [1.165, 1.54) is 12.1 Å². The highest BCUT2D eigenvalue weighted by Gasteiger charge is 2.15. The molecule has 1 amide bonds. The fourth-order valence-electron chi connectivity index (χ4n) is 2.25. The van der Waals surface area contributed by atoms with Gasteiger partial charge in [-0.1, -0.05) is 50.0 Å². The van der Waals surface area contributed by atoms with Crippen LogP contribution >= 0.6 is 22.3 Å². The molecule has 4 nitrogen and oxygen atoms in total. The molecule has 2 rings (SSSR count). The first-order valence-electron chi connectivity index (χ1n) is 8.99. The van der Waals surface area contributed by atoms with Crippen LogP contribution in [-0.2, 0) is 6.54 Å². The number of benzene rings is 2. The number of hydrogen-bond acceptors (Lipinski definition) is 3. The zero-order chi connectivity index (χ0) is 22.8. The van der Waals surface area contributed by atoms with Crippen molar-refractivity contribution >= 4 is 39.7 Å². The number of allylic oxidation sites excluding steroid dienone is 1. The number of alkyl halides is 2. The summed E-state index contributed by atoms with van der Waals surface area (Å²) in [5.41, 5.74) is 4.51. The smallest absolute Gasteiger partial charge is 0.279 e. The van der Waals surface area contributed by atoms with Gasteiger partial charge >= 0.3 is 0 Å². The molecule has 0 aromatic heterocycles. The third-order valence-corrected chi connectivity index (χ3v) is 5.03. The highest BCUT2D eigenvalue weighted by molar-refractivity contribution is 8.14. The zero-order valence-corrected chi connectivity index (χ0v) is 18.6. The summed E-state index contributed by atoms with van der Waals surface area (Å²) in [6, 6.07) is 11.1. The van der Waals surface area contributed by atoms with Crippen molar-refractivity contribution in [1.29, 1.82) is 0 Å². The van der Waals surface area contributed by atoms with Crippen LogP contribution < -0.4 is 15.2 Å². The molecule has 0 aliphatic rings. The van der Waals surface area contributed by atoms with E-state index in [-0.39, 0.29) is 12.1 Å². The Bertz CT molecular complexity index is 909. The number of rotatable bonds is 8. The van der Waals surface area contributed by atoms with Crippen LogP contribution in [0.15, 0.2) is 54.7 Å².